The predicted octanol–water partition coefficient (Wildman–Crippen LogP) is 4.86. The van der Waals surface area contributed by atoms with Gasteiger partial charge in [-0.3, -0.25) is 9.78 Å². The fourth-order valence-electron chi connectivity index (χ4n) is 3.51. The van der Waals surface area contributed by atoms with Crippen LogP contribution >= 0.6 is 0 Å². The van der Waals surface area contributed by atoms with E-state index in [0.29, 0.717) is 22.4 Å². The van der Waals surface area contributed by atoms with Gasteiger partial charge in [-0.25, -0.2) is 13.8 Å². The van der Waals surface area contributed by atoms with Gasteiger partial charge in [0.2, 0.25) is 0 Å². The summed E-state index contributed by atoms with van der Waals surface area (Å²) in [5.41, 5.74) is 2.82. The maximum atomic E-state index is 14.7. The number of rotatable bonds is 3. The molecule has 4 heterocycles. The Hall–Kier alpha value is -3.61. The van der Waals surface area contributed by atoms with Crippen LogP contribution in [-0.4, -0.2) is 25.2 Å². The molecule has 0 bridgehead atoms. The van der Waals surface area contributed by atoms with E-state index >= 15 is 0 Å². The maximum absolute atomic E-state index is 14.7. The summed E-state index contributed by atoms with van der Waals surface area (Å²) in [6, 6.07) is 9.49. The molecule has 5 nitrogen and oxygen atoms in total. The number of aromatic nitrogens is 3. The fraction of sp³-hybridized carbons (Fsp3) is 0.174. The fourth-order valence-corrected chi connectivity index (χ4v) is 3.51. The molecule has 0 unspecified atom stereocenters. The van der Waals surface area contributed by atoms with Gasteiger partial charge in [0.1, 0.15) is 17.3 Å². The molecule has 0 spiro atoms. The first kappa shape index (κ1) is 19.7. The van der Waals surface area contributed by atoms with E-state index in [1.165, 1.54) is 17.0 Å². The summed E-state index contributed by atoms with van der Waals surface area (Å²) in [6.45, 7) is 4.10. The van der Waals surface area contributed by atoms with E-state index in [9.17, 15) is 13.6 Å². The van der Waals surface area contributed by atoms with Gasteiger partial charge in [-0.05, 0) is 47.5 Å². The Kier molecular flexibility index (Phi) is 5.27. The van der Waals surface area contributed by atoms with E-state index < -0.39 is 11.6 Å². The van der Waals surface area contributed by atoms with E-state index in [2.05, 4.69) is 9.97 Å². The number of imidazole rings is 1. The highest BCUT2D eigenvalue weighted by Crippen LogP contribution is 2.28. The SMILES string of the molecule is CC.O=C1c2cccnc2CN1Cc1c(F)cc(-c2ccc3nccn3c2)cc1F. The summed E-state index contributed by atoms with van der Waals surface area (Å²) in [6.07, 6.45) is 6.79. The predicted molar refractivity (Wildman–Crippen MR) is 110 cm³/mol. The molecule has 7 heteroatoms. The Labute approximate surface area is 172 Å². The third kappa shape index (κ3) is 3.43. The molecule has 1 aromatic carbocycles. The van der Waals surface area contributed by atoms with E-state index in [4.69, 9.17) is 0 Å². The number of amides is 1. The van der Waals surface area contributed by atoms with Crippen LogP contribution in [0.15, 0.2) is 61.2 Å². The van der Waals surface area contributed by atoms with Crippen LogP contribution in [0.5, 0.6) is 0 Å². The van der Waals surface area contributed by atoms with Gasteiger partial charge in [0.05, 0.1) is 24.3 Å². The lowest BCUT2D eigenvalue weighted by atomic mass is 10.0. The average molecular weight is 406 g/mol. The molecule has 5 rings (SSSR count). The summed E-state index contributed by atoms with van der Waals surface area (Å²) in [5, 5.41) is 0. The summed E-state index contributed by atoms with van der Waals surface area (Å²) >= 11 is 0. The van der Waals surface area contributed by atoms with Gasteiger partial charge < -0.3 is 9.30 Å². The molecule has 0 radical (unpaired) electrons. The molecule has 4 aromatic rings. The zero-order chi connectivity index (χ0) is 21.3. The zero-order valence-electron chi connectivity index (χ0n) is 16.6. The number of hydrogen-bond donors (Lipinski definition) is 0. The average Bonchev–Trinajstić information content (AvgIpc) is 3.36. The van der Waals surface area contributed by atoms with Gasteiger partial charge in [0, 0.05) is 30.4 Å². The molecular formula is C23H20F2N4O. The van der Waals surface area contributed by atoms with Crippen molar-refractivity contribution in [1.29, 1.82) is 0 Å². The van der Waals surface area contributed by atoms with Crippen molar-refractivity contribution >= 4 is 11.6 Å². The topological polar surface area (TPSA) is 50.5 Å². The smallest absolute Gasteiger partial charge is 0.256 e. The van der Waals surface area contributed by atoms with E-state index in [-0.39, 0.29) is 24.6 Å². The lowest BCUT2D eigenvalue weighted by Gasteiger charge is -2.17. The number of hydrogen-bond acceptors (Lipinski definition) is 3. The van der Waals surface area contributed by atoms with Gasteiger partial charge >= 0.3 is 0 Å². The van der Waals surface area contributed by atoms with Crippen LogP contribution < -0.4 is 0 Å². The number of carbonyl (C=O) groups excluding carboxylic acids is 1. The third-order valence-electron chi connectivity index (χ3n) is 4.96. The van der Waals surface area contributed by atoms with Gasteiger partial charge in [-0.15, -0.1) is 0 Å². The molecule has 152 valence electrons. The molecular weight excluding hydrogens is 386 g/mol. The summed E-state index contributed by atoms with van der Waals surface area (Å²) in [4.78, 5) is 22.2. The Morgan fingerprint density at radius 2 is 1.77 bits per heavy atom. The number of carbonyl (C=O) groups is 1. The van der Waals surface area contributed by atoms with E-state index in [0.717, 1.165) is 5.65 Å². The minimum absolute atomic E-state index is 0.131. The first-order valence-corrected chi connectivity index (χ1v) is 9.74. The first-order valence-electron chi connectivity index (χ1n) is 9.74. The standard InChI is InChI=1S/C21H14F2N4O.C2H6/c22-17-8-14(13-3-4-20-25-6-7-26(20)10-13)9-18(23)16(17)11-27-12-19-15(21(27)28)2-1-5-24-19;1-2/h1-10H,11-12H2;1-2H3. The summed E-state index contributed by atoms with van der Waals surface area (Å²) in [7, 11) is 0. The second-order valence-corrected chi connectivity index (χ2v) is 6.69. The van der Waals surface area contributed by atoms with Crippen molar-refractivity contribution in [2.45, 2.75) is 26.9 Å². The number of pyridine rings is 2. The number of benzene rings is 1. The van der Waals surface area contributed by atoms with Crippen molar-refractivity contribution in [2.24, 2.45) is 0 Å². The van der Waals surface area contributed by atoms with Crippen LogP contribution in [0, 0.1) is 11.6 Å². The molecule has 0 N–H and O–H groups in total. The van der Waals surface area contributed by atoms with E-state index in [1.54, 1.807) is 53.5 Å². The van der Waals surface area contributed by atoms with Crippen LogP contribution in [0.4, 0.5) is 8.78 Å². The molecule has 0 aliphatic carbocycles. The van der Waals surface area contributed by atoms with Crippen LogP contribution in [0.25, 0.3) is 16.8 Å². The molecule has 0 saturated heterocycles. The van der Waals surface area contributed by atoms with Gasteiger partial charge in [0.15, 0.2) is 0 Å². The van der Waals surface area contributed by atoms with Crippen molar-refractivity contribution in [2.75, 3.05) is 0 Å². The normalized spacial score (nSPS) is 12.7. The second-order valence-electron chi connectivity index (χ2n) is 6.69. The second kappa shape index (κ2) is 8.02. The Balaban J connectivity index is 0.00000106. The van der Waals surface area contributed by atoms with Crippen molar-refractivity contribution in [3.63, 3.8) is 0 Å². The van der Waals surface area contributed by atoms with Gasteiger partial charge in [-0.2, -0.15) is 0 Å². The van der Waals surface area contributed by atoms with Crippen LogP contribution in [0.1, 0.15) is 35.5 Å². The zero-order valence-corrected chi connectivity index (χ0v) is 16.6. The van der Waals surface area contributed by atoms with Crippen molar-refractivity contribution in [3.8, 4) is 11.1 Å². The molecule has 1 aliphatic rings. The highest BCUT2D eigenvalue weighted by atomic mass is 19.1. The molecule has 0 atom stereocenters. The maximum Gasteiger partial charge on any atom is 0.256 e. The number of nitrogens with zero attached hydrogens (tertiary/aromatic N) is 4. The lowest BCUT2D eigenvalue weighted by molar-refractivity contribution is 0.0763. The summed E-state index contributed by atoms with van der Waals surface area (Å²) in [5.74, 6) is -1.63. The number of fused-ring (bicyclic) bond motifs is 2. The molecule has 0 fully saturated rings. The minimum atomic E-state index is -0.683. The molecule has 0 saturated carbocycles. The molecule has 1 amide bonds. The highest BCUT2D eigenvalue weighted by Gasteiger charge is 2.29. The van der Waals surface area contributed by atoms with Crippen LogP contribution in [-0.2, 0) is 13.1 Å². The van der Waals surface area contributed by atoms with E-state index in [1.807, 2.05) is 13.8 Å². The third-order valence-corrected chi connectivity index (χ3v) is 4.96. The Bertz CT molecular complexity index is 1210. The molecule has 3 aromatic heterocycles. The number of halogens is 2. The van der Waals surface area contributed by atoms with Crippen molar-refractivity contribution < 1.29 is 13.6 Å². The van der Waals surface area contributed by atoms with Gasteiger partial charge in [-0.1, -0.05) is 13.8 Å². The minimum Gasteiger partial charge on any atom is -0.328 e. The van der Waals surface area contributed by atoms with Crippen molar-refractivity contribution in [3.05, 3.63) is 89.6 Å². The Morgan fingerprint density at radius 1 is 1.00 bits per heavy atom. The Morgan fingerprint density at radius 3 is 2.50 bits per heavy atom. The lowest BCUT2D eigenvalue weighted by Crippen LogP contribution is -2.24. The molecule has 1 aliphatic heterocycles. The van der Waals surface area contributed by atoms with Crippen molar-refractivity contribution in [1.82, 2.24) is 19.3 Å². The van der Waals surface area contributed by atoms with Crippen LogP contribution in [0.2, 0.25) is 0 Å². The van der Waals surface area contributed by atoms with Crippen LogP contribution in [0.3, 0.4) is 0 Å². The highest BCUT2D eigenvalue weighted by molar-refractivity contribution is 5.97. The quantitative estimate of drug-likeness (QED) is 0.488. The molecule has 30 heavy (non-hydrogen) atoms. The first-order chi connectivity index (χ1) is 14.6. The largest absolute Gasteiger partial charge is 0.328 e. The van der Waals surface area contributed by atoms with Gasteiger partial charge in [0.25, 0.3) is 5.91 Å². The summed E-state index contributed by atoms with van der Waals surface area (Å²) < 4.78 is 31.3. The monoisotopic (exact) mass is 406 g/mol.